The van der Waals surface area contributed by atoms with Crippen LogP contribution in [0.3, 0.4) is 0 Å². The highest BCUT2D eigenvalue weighted by Gasteiger charge is 2.30. The van der Waals surface area contributed by atoms with E-state index in [4.69, 9.17) is 10.5 Å². The fraction of sp³-hybridized carbons (Fsp3) is 0.350. The Labute approximate surface area is 159 Å². The number of rotatable bonds is 5. The molecule has 1 amide bonds. The summed E-state index contributed by atoms with van der Waals surface area (Å²) >= 11 is 0. The van der Waals surface area contributed by atoms with Crippen LogP contribution in [-0.2, 0) is 21.1 Å². The number of nitrogens with two attached hydrogens (primary N) is 1. The molecule has 144 valence electrons. The summed E-state index contributed by atoms with van der Waals surface area (Å²) in [5.74, 6) is -0.518. The maximum absolute atomic E-state index is 13.0. The van der Waals surface area contributed by atoms with Crippen molar-refractivity contribution >= 4 is 27.1 Å². The van der Waals surface area contributed by atoms with Crippen molar-refractivity contribution in [1.82, 2.24) is 0 Å². The highest BCUT2D eigenvalue weighted by molar-refractivity contribution is 7.91. The molecule has 1 aliphatic heterocycles. The van der Waals surface area contributed by atoms with Gasteiger partial charge in [-0.05, 0) is 54.8 Å². The minimum atomic E-state index is -3.58. The quantitative estimate of drug-likeness (QED) is 0.796. The largest absolute Gasteiger partial charge is 0.497 e. The van der Waals surface area contributed by atoms with Gasteiger partial charge in [-0.2, -0.15) is 0 Å². The van der Waals surface area contributed by atoms with Crippen molar-refractivity contribution in [1.29, 1.82) is 0 Å². The molecule has 3 rings (SSSR count). The van der Waals surface area contributed by atoms with Gasteiger partial charge in [-0.25, -0.2) is 8.42 Å². The Hall–Kier alpha value is -2.54. The summed E-state index contributed by atoms with van der Waals surface area (Å²) in [7, 11) is -2.06. The SMILES string of the molecule is COc1ccc(S(=O)(=O)CC(C)C(=O)N2CCCc3c(N)cccc32)cc1. The van der Waals surface area contributed by atoms with E-state index in [0.29, 0.717) is 18.0 Å². The van der Waals surface area contributed by atoms with E-state index in [1.165, 1.54) is 19.2 Å². The number of ether oxygens (including phenoxy) is 1. The van der Waals surface area contributed by atoms with Gasteiger partial charge in [-0.1, -0.05) is 13.0 Å². The minimum absolute atomic E-state index is 0.186. The van der Waals surface area contributed by atoms with Gasteiger partial charge < -0.3 is 15.4 Å². The first kappa shape index (κ1) is 19.2. The van der Waals surface area contributed by atoms with Crippen LogP contribution >= 0.6 is 0 Å². The number of anilines is 2. The number of methoxy groups -OCH3 is 1. The van der Waals surface area contributed by atoms with Crippen LogP contribution in [0.15, 0.2) is 47.4 Å². The van der Waals surface area contributed by atoms with Crippen molar-refractivity contribution in [3.05, 3.63) is 48.0 Å². The summed E-state index contributed by atoms with van der Waals surface area (Å²) in [6, 6.07) is 11.7. The van der Waals surface area contributed by atoms with Gasteiger partial charge >= 0.3 is 0 Å². The lowest BCUT2D eigenvalue weighted by molar-refractivity contribution is -0.121. The van der Waals surface area contributed by atoms with Crippen LogP contribution in [0.1, 0.15) is 18.9 Å². The molecule has 0 spiro atoms. The van der Waals surface area contributed by atoms with Crippen LogP contribution < -0.4 is 15.4 Å². The molecule has 0 radical (unpaired) electrons. The standard InChI is InChI=1S/C20H24N2O4S/c1-14(13-27(24,25)16-10-8-15(26-2)9-11-16)20(23)22-12-4-5-17-18(21)6-3-7-19(17)22/h3,6-11,14H,4-5,12-13,21H2,1-2H3. The van der Waals surface area contributed by atoms with Gasteiger partial charge in [-0.15, -0.1) is 0 Å². The lowest BCUT2D eigenvalue weighted by atomic mass is 9.98. The molecule has 1 atom stereocenters. The summed E-state index contributed by atoms with van der Waals surface area (Å²) in [5, 5.41) is 0. The van der Waals surface area contributed by atoms with Crippen molar-refractivity contribution in [2.24, 2.45) is 5.92 Å². The first-order chi connectivity index (χ1) is 12.8. The van der Waals surface area contributed by atoms with Crippen molar-refractivity contribution in [3.8, 4) is 5.75 Å². The molecule has 2 N–H and O–H groups in total. The van der Waals surface area contributed by atoms with Crippen molar-refractivity contribution in [2.75, 3.05) is 30.0 Å². The number of nitrogens with zero attached hydrogens (tertiary/aromatic N) is 1. The number of carbonyl (C=O) groups excluding carboxylic acids is 1. The molecule has 6 nitrogen and oxygen atoms in total. The molecule has 1 aliphatic rings. The number of hydrogen-bond acceptors (Lipinski definition) is 5. The van der Waals surface area contributed by atoms with Gasteiger partial charge in [-0.3, -0.25) is 4.79 Å². The second-order valence-electron chi connectivity index (χ2n) is 6.80. The fourth-order valence-electron chi connectivity index (χ4n) is 3.43. The van der Waals surface area contributed by atoms with E-state index in [-0.39, 0.29) is 16.6 Å². The highest BCUT2D eigenvalue weighted by atomic mass is 32.2. The number of carbonyl (C=O) groups is 1. The van der Waals surface area contributed by atoms with Crippen LogP contribution in [0.4, 0.5) is 11.4 Å². The van der Waals surface area contributed by atoms with Gasteiger partial charge in [0.1, 0.15) is 5.75 Å². The number of nitrogen functional groups attached to an aromatic ring is 1. The van der Waals surface area contributed by atoms with E-state index in [2.05, 4.69) is 0 Å². The summed E-state index contributed by atoms with van der Waals surface area (Å²) in [4.78, 5) is 14.8. The summed E-state index contributed by atoms with van der Waals surface area (Å²) in [6.45, 7) is 2.23. The van der Waals surface area contributed by atoms with Crippen LogP contribution in [0.5, 0.6) is 5.75 Å². The molecule has 27 heavy (non-hydrogen) atoms. The van der Waals surface area contributed by atoms with E-state index < -0.39 is 15.8 Å². The molecule has 1 heterocycles. The Balaban J connectivity index is 1.79. The van der Waals surface area contributed by atoms with Crippen molar-refractivity contribution < 1.29 is 17.9 Å². The zero-order valence-corrected chi connectivity index (χ0v) is 16.3. The fourth-order valence-corrected chi connectivity index (χ4v) is 4.97. The third kappa shape index (κ3) is 3.93. The number of fused-ring (bicyclic) bond motifs is 1. The average Bonchev–Trinajstić information content (AvgIpc) is 2.67. The number of hydrogen-bond donors (Lipinski definition) is 1. The average molecular weight is 388 g/mol. The molecule has 2 aromatic carbocycles. The lowest BCUT2D eigenvalue weighted by Crippen LogP contribution is -2.41. The van der Waals surface area contributed by atoms with Crippen LogP contribution in [0.25, 0.3) is 0 Å². The molecule has 1 unspecified atom stereocenters. The molecule has 2 aromatic rings. The van der Waals surface area contributed by atoms with Gasteiger partial charge in [0, 0.05) is 23.8 Å². The molecule has 0 aliphatic carbocycles. The summed E-state index contributed by atoms with van der Waals surface area (Å²) < 4.78 is 30.5. The van der Waals surface area contributed by atoms with E-state index >= 15 is 0 Å². The van der Waals surface area contributed by atoms with Gasteiger partial charge in [0.25, 0.3) is 0 Å². The second kappa shape index (κ2) is 7.60. The number of amides is 1. The van der Waals surface area contributed by atoms with Gasteiger partial charge in [0.15, 0.2) is 9.84 Å². The highest BCUT2D eigenvalue weighted by Crippen LogP contribution is 2.32. The Morgan fingerprint density at radius 3 is 2.59 bits per heavy atom. The molecule has 7 heteroatoms. The first-order valence-corrected chi connectivity index (χ1v) is 10.5. The van der Waals surface area contributed by atoms with E-state index in [0.717, 1.165) is 24.1 Å². The Morgan fingerprint density at radius 1 is 1.22 bits per heavy atom. The zero-order valence-electron chi connectivity index (χ0n) is 15.5. The van der Waals surface area contributed by atoms with E-state index in [9.17, 15) is 13.2 Å². The Kier molecular flexibility index (Phi) is 5.41. The monoisotopic (exact) mass is 388 g/mol. The Bertz CT molecular complexity index is 939. The lowest BCUT2D eigenvalue weighted by Gasteiger charge is -2.32. The van der Waals surface area contributed by atoms with Crippen LogP contribution in [0.2, 0.25) is 0 Å². The summed E-state index contributed by atoms with van der Waals surface area (Å²) in [6.07, 6.45) is 1.63. The van der Waals surface area contributed by atoms with E-state index in [1.807, 2.05) is 18.2 Å². The topological polar surface area (TPSA) is 89.7 Å². The summed E-state index contributed by atoms with van der Waals surface area (Å²) in [5.41, 5.74) is 8.46. The van der Waals surface area contributed by atoms with E-state index in [1.54, 1.807) is 24.0 Å². The number of sulfone groups is 1. The predicted molar refractivity (Wildman–Crippen MR) is 106 cm³/mol. The smallest absolute Gasteiger partial charge is 0.230 e. The second-order valence-corrected chi connectivity index (χ2v) is 8.83. The minimum Gasteiger partial charge on any atom is -0.497 e. The van der Waals surface area contributed by atoms with Gasteiger partial charge in [0.2, 0.25) is 5.91 Å². The third-order valence-corrected chi connectivity index (χ3v) is 6.79. The molecule has 0 saturated carbocycles. The van der Waals surface area contributed by atoms with Crippen molar-refractivity contribution in [3.63, 3.8) is 0 Å². The zero-order chi connectivity index (χ0) is 19.6. The normalized spacial score (nSPS) is 15.1. The van der Waals surface area contributed by atoms with Gasteiger partial charge in [0.05, 0.1) is 17.8 Å². The molecular weight excluding hydrogens is 364 g/mol. The predicted octanol–water partition coefficient (Wildman–Crippen LogP) is 2.67. The first-order valence-electron chi connectivity index (χ1n) is 8.89. The molecule has 0 fully saturated rings. The Morgan fingerprint density at radius 2 is 1.93 bits per heavy atom. The maximum Gasteiger partial charge on any atom is 0.230 e. The molecule has 0 saturated heterocycles. The molecule has 0 aromatic heterocycles. The van der Waals surface area contributed by atoms with Crippen molar-refractivity contribution in [2.45, 2.75) is 24.7 Å². The van der Waals surface area contributed by atoms with Crippen LogP contribution in [-0.4, -0.2) is 33.7 Å². The van der Waals surface area contributed by atoms with Crippen LogP contribution in [0, 0.1) is 5.92 Å². The molecule has 0 bridgehead atoms. The third-order valence-electron chi connectivity index (χ3n) is 4.86. The molecular formula is C20H24N2O4S. The number of benzene rings is 2. The maximum atomic E-state index is 13.0.